The van der Waals surface area contributed by atoms with Gasteiger partial charge < -0.3 is 8.83 Å². The van der Waals surface area contributed by atoms with Gasteiger partial charge in [0.15, 0.2) is 5.82 Å². The number of furan rings is 2. The van der Waals surface area contributed by atoms with E-state index in [0.29, 0.717) is 5.82 Å². The predicted molar refractivity (Wildman–Crippen MR) is 202 cm³/mol. The molecule has 0 aliphatic heterocycles. The van der Waals surface area contributed by atoms with E-state index in [-0.39, 0.29) is 0 Å². The monoisotopic (exact) mass is 641 g/mol. The number of aromatic nitrogens is 3. The van der Waals surface area contributed by atoms with Crippen molar-refractivity contribution >= 4 is 43.9 Å². The van der Waals surface area contributed by atoms with Gasteiger partial charge >= 0.3 is 0 Å². The molecule has 234 valence electrons. The predicted octanol–water partition coefficient (Wildman–Crippen LogP) is 12.0. The minimum absolute atomic E-state index is 0.627. The van der Waals surface area contributed by atoms with Crippen molar-refractivity contribution in [2.24, 2.45) is 0 Å². The lowest BCUT2D eigenvalue weighted by Crippen LogP contribution is -1.97. The summed E-state index contributed by atoms with van der Waals surface area (Å²) in [6, 6.07) is 51.7. The van der Waals surface area contributed by atoms with Gasteiger partial charge in [0, 0.05) is 56.2 Å². The van der Waals surface area contributed by atoms with Crippen molar-refractivity contribution < 1.29 is 8.83 Å². The fraction of sp³-hybridized carbons (Fsp3) is 0. The summed E-state index contributed by atoms with van der Waals surface area (Å²) in [5.41, 5.74) is 12.1. The average molecular weight is 642 g/mol. The largest absolute Gasteiger partial charge is 0.456 e. The summed E-state index contributed by atoms with van der Waals surface area (Å²) in [5.74, 6) is 0.627. The minimum Gasteiger partial charge on any atom is -0.456 e. The number of benzene rings is 6. The Morgan fingerprint density at radius 2 is 1.04 bits per heavy atom. The quantitative estimate of drug-likeness (QED) is 0.187. The first-order chi connectivity index (χ1) is 24.8. The molecular weight excluding hydrogens is 615 g/mol. The third-order valence-electron chi connectivity index (χ3n) is 9.45. The summed E-state index contributed by atoms with van der Waals surface area (Å²) < 4.78 is 13.0. The Morgan fingerprint density at radius 1 is 0.380 bits per heavy atom. The number of hydrogen-bond acceptors (Lipinski definition) is 5. The molecule has 5 heteroatoms. The second-order valence-corrected chi connectivity index (χ2v) is 12.4. The summed E-state index contributed by atoms with van der Waals surface area (Å²) in [6.07, 6.45) is 3.64. The lowest BCUT2D eigenvalue weighted by Gasteiger charge is -2.14. The molecular formula is C45H27N3O2. The molecule has 0 amide bonds. The van der Waals surface area contributed by atoms with Crippen molar-refractivity contribution in [2.45, 2.75) is 0 Å². The van der Waals surface area contributed by atoms with Crippen LogP contribution in [0.3, 0.4) is 0 Å². The first-order valence-electron chi connectivity index (χ1n) is 16.6. The van der Waals surface area contributed by atoms with Crippen LogP contribution in [0.2, 0.25) is 0 Å². The van der Waals surface area contributed by atoms with E-state index in [4.69, 9.17) is 18.8 Å². The number of nitrogens with zero attached hydrogens (tertiary/aromatic N) is 3. The van der Waals surface area contributed by atoms with E-state index >= 15 is 0 Å². The van der Waals surface area contributed by atoms with Crippen LogP contribution in [-0.2, 0) is 0 Å². The molecule has 5 nitrogen and oxygen atoms in total. The summed E-state index contributed by atoms with van der Waals surface area (Å²) in [6.45, 7) is 0. The molecule has 0 bridgehead atoms. The summed E-state index contributed by atoms with van der Waals surface area (Å²) in [7, 11) is 0. The molecule has 0 atom stereocenters. The van der Waals surface area contributed by atoms with Crippen LogP contribution >= 0.6 is 0 Å². The van der Waals surface area contributed by atoms with Gasteiger partial charge in [0.05, 0.1) is 11.4 Å². The molecule has 0 fully saturated rings. The third-order valence-corrected chi connectivity index (χ3v) is 9.45. The van der Waals surface area contributed by atoms with Crippen molar-refractivity contribution in [3.8, 4) is 56.2 Å². The molecule has 0 saturated carbocycles. The van der Waals surface area contributed by atoms with E-state index in [1.807, 2.05) is 79.1 Å². The molecule has 0 radical (unpaired) electrons. The van der Waals surface area contributed by atoms with Gasteiger partial charge in [-0.05, 0) is 71.3 Å². The van der Waals surface area contributed by atoms with Crippen LogP contribution in [0.4, 0.5) is 0 Å². The molecule has 0 saturated heterocycles. The van der Waals surface area contributed by atoms with Crippen LogP contribution in [0.1, 0.15) is 0 Å². The van der Waals surface area contributed by atoms with Crippen LogP contribution in [0, 0.1) is 0 Å². The average Bonchev–Trinajstić information content (AvgIpc) is 3.77. The van der Waals surface area contributed by atoms with Crippen molar-refractivity contribution in [3.63, 3.8) is 0 Å². The van der Waals surface area contributed by atoms with E-state index in [9.17, 15) is 0 Å². The highest BCUT2D eigenvalue weighted by Gasteiger charge is 2.21. The van der Waals surface area contributed by atoms with Crippen LogP contribution < -0.4 is 0 Å². The molecule has 0 spiro atoms. The van der Waals surface area contributed by atoms with E-state index in [2.05, 4.69) is 89.9 Å². The number of para-hydroxylation sites is 2. The Labute approximate surface area is 287 Å². The number of pyridine rings is 1. The number of fused-ring (bicyclic) bond motifs is 6. The van der Waals surface area contributed by atoms with Gasteiger partial charge in [-0.15, -0.1) is 0 Å². The summed E-state index contributed by atoms with van der Waals surface area (Å²) in [5, 5.41) is 4.18. The van der Waals surface area contributed by atoms with E-state index < -0.39 is 0 Å². The number of hydrogen-bond donors (Lipinski definition) is 0. The maximum absolute atomic E-state index is 6.69. The summed E-state index contributed by atoms with van der Waals surface area (Å²) >= 11 is 0. The first-order valence-corrected chi connectivity index (χ1v) is 16.6. The van der Waals surface area contributed by atoms with Gasteiger partial charge in [-0.2, -0.15) is 0 Å². The van der Waals surface area contributed by atoms with E-state index in [1.54, 1.807) is 0 Å². The van der Waals surface area contributed by atoms with Crippen LogP contribution in [0.25, 0.3) is 100 Å². The second-order valence-electron chi connectivity index (χ2n) is 12.4. The molecule has 4 aromatic heterocycles. The second kappa shape index (κ2) is 11.4. The zero-order chi connectivity index (χ0) is 33.0. The standard InChI is InChI=1S/C45H27N3O2/c1-2-10-29(11-3-1)38-27-39(33-13-5-4-12-31(33)28-22-24-46-25-23-28)48-45(47-38)37-21-20-32(44-43(37)36-15-7-9-17-41(36)50-44)30-18-19-35-34-14-6-8-16-40(34)49-42(35)26-30/h1-27H. The smallest absolute Gasteiger partial charge is 0.161 e. The molecule has 4 heterocycles. The normalized spacial score (nSPS) is 11.6. The van der Waals surface area contributed by atoms with Crippen molar-refractivity contribution in [3.05, 3.63) is 164 Å². The number of rotatable bonds is 5. The van der Waals surface area contributed by atoms with E-state index in [1.165, 1.54) is 0 Å². The van der Waals surface area contributed by atoms with Crippen molar-refractivity contribution in [2.75, 3.05) is 0 Å². The lowest BCUT2D eigenvalue weighted by atomic mass is 9.96. The van der Waals surface area contributed by atoms with Crippen LogP contribution in [0.5, 0.6) is 0 Å². The lowest BCUT2D eigenvalue weighted by molar-refractivity contribution is 0.668. The minimum atomic E-state index is 0.627. The zero-order valence-electron chi connectivity index (χ0n) is 26.7. The molecule has 6 aromatic carbocycles. The molecule has 0 unspecified atom stereocenters. The van der Waals surface area contributed by atoms with Crippen LogP contribution in [0.15, 0.2) is 173 Å². The zero-order valence-corrected chi connectivity index (χ0v) is 26.7. The molecule has 0 aliphatic rings. The molecule has 10 rings (SSSR count). The molecule has 0 aliphatic carbocycles. The first kappa shape index (κ1) is 28.2. The molecule has 10 aromatic rings. The Kier molecular flexibility index (Phi) is 6.42. The van der Waals surface area contributed by atoms with Gasteiger partial charge in [0.25, 0.3) is 0 Å². The Bertz CT molecular complexity index is 2870. The Morgan fingerprint density at radius 3 is 1.88 bits per heavy atom. The van der Waals surface area contributed by atoms with Gasteiger partial charge in [0.2, 0.25) is 0 Å². The van der Waals surface area contributed by atoms with E-state index in [0.717, 1.165) is 94.2 Å². The fourth-order valence-corrected chi connectivity index (χ4v) is 7.09. The fourth-order valence-electron chi connectivity index (χ4n) is 7.09. The van der Waals surface area contributed by atoms with Gasteiger partial charge in [0.1, 0.15) is 22.3 Å². The third kappa shape index (κ3) is 4.60. The highest BCUT2D eigenvalue weighted by Crippen LogP contribution is 2.43. The Hall–Kier alpha value is -6.85. The molecule has 0 N–H and O–H groups in total. The van der Waals surface area contributed by atoms with Gasteiger partial charge in [-0.3, -0.25) is 4.98 Å². The maximum atomic E-state index is 6.69. The van der Waals surface area contributed by atoms with Crippen LogP contribution in [-0.4, -0.2) is 15.0 Å². The topological polar surface area (TPSA) is 65.0 Å². The van der Waals surface area contributed by atoms with Crippen molar-refractivity contribution in [1.29, 1.82) is 0 Å². The van der Waals surface area contributed by atoms with Crippen molar-refractivity contribution in [1.82, 2.24) is 15.0 Å². The van der Waals surface area contributed by atoms with Gasteiger partial charge in [-0.1, -0.05) is 97.1 Å². The highest BCUT2D eigenvalue weighted by atomic mass is 16.3. The maximum Gasteiger partial charge on any atom is 0.161 e. The molecule has 50 heavy (non-hydrogen) atoms. The summed E-state index contributed by atoms with van der Waals surface area (Å²) in [4.78, 5) is 14.8. The Balaban J connectivity index is 1.22. The van der Waals surface area contributed by atoms with Gasteiger partial charge in [-0.25, -0.2) is 9.97 Å². The highest BCUT2D eigenvalue weighted by molar-refractivity contribution is 6.16. The SMILES string of the molecule is c1ccc(-c2cc(-c3ccccc3-c3ccncc3)nc(-c3ccc(-c4ccc5c(c4)oc4ccccc45)c4oc5ccccc5c34)n2)cc1.